The van der Waals surface area contributed by atoms with E-state index in [0.29, 0.717) is 11.5 Å². The van der Waals surface area contributed by atoms with Gasteiger partial charge in [0.2, 0.25) is 0 Å². The molecule has 2 fully saturated rings. The van der Waals surface area contributed by atoms with Gasteiger partial charge in [0.05, 0.1) is 0 Å². The molecule has 0 amide bonds. The Morgan fingerprint density at radius 3 is 2.48 bits per heavy atom. The summed E-state index contributed by atoms with van der Waals surface area (Å²) < 4.78 is 37.9. The number of aromatic hydroxyl groups is 1. The van der Waals surface area contributed by atoms with Gasteiger partial charge in [-0.15, -0.1) is 0 Å². The number of nitrogens with one attached hydrogen (secondary N) is 1. The molecule has 1 saturated heterocycles. The summed E-state index contributed by atoms with van der Waals surface area (Å²) in [5, 5.41) is 13.6. The molecule has 0 unspecified atom stereocenters. The molecule has 0 radical (unpaired) electrons. The minimum atomic E-state index is -4.31. The highest BCUT2D eigenvalue weighted by Gasteiger charge is 2.36. The summed E-state index contributed by atoms with van der Waals surface area (Å²) in [5.74, 6) is 0.525. The van der Waals surface area contributed by atoms with Gasteiger partial charge in [-0.2, -0.15) is 13.2 Å². The molecule has 23 heavy (non-hydrogen) atoms. The van der Waals surface area contributed by atoms with Crippen LogP contribution in [0.2, 0.25) is 0 Å². The fourth-order valence-corrected chi connectivity index (χ4v) is 4.02. The lowest BCUT2D eigenvalue weighted by atomic mass is 9.76. The van der Waals surface area contributed by atoms with E-state index < -0.39 is 5.51 Å². The number of piperazine rings is 1. The number of phenols is 1. The summed E-state index contributed by atoms with van der Waals surface area (Å²) in [6.45, 7) is 3.47. The third-order valence-corrected chi connectivity index (χ3v) is 5.41. The van der Waals surface area contributed by atoms with Crippen LogP contribution in [0.4, 0.5) is 13.2 Å². The van der Waals surface area contributed by atoms with Gasteiger partial charge in [0, 0.05) is 42.7 Å². The van der Waals surface area contributed by atoms with Gasteiger partial charge in [0.15, 0.2) is 0 Å². The average molecular weight is 346 g/mol. The van der Waals surface area contributed by atoms with Gasteiger partial charge in [-0.1, -0.05) is 6.42 Å². The minimum absolute atomic E-state index is 0.0135. The molecule has 0 aromatic heterocycles. The normalized spacial score (nSPS) is 21.9. The molecule has 7 heteroatoms. The number of rotatable bonds is 4. The average Bonchev–Trinajstić information content (AvgIpc) is 2.44. The van der Waals surface area contributed by atoms with Crippen LogP contribution in [0.1, 0.15) is 30.9 Å². The monoisotopic (exact) mass is 346 g/mol. The molecule has 0 spiro atoms. The third kappa shape index (κ3) is 4.14. The van der Waals surface area contributed by atoms with Crippen molar-refractivity contribution in [3.05, 3.63) is 23.8 Å². The van der Waals surface area contributed by atoms with E-state index in [1.165, 1.54) is 18.2 Å². The zero-order valence-corrected chi connectivity index (χ0v) is 13.6. The second-order valence-corrected chi connectivity index (χ2v) is 7.33. The Kier molecular flexibility index (Phi) is 5.08. The van der Waals surface area contributed by atoms with E-state index in [0.717, 1.165) is 45.4 Å². The quantitative estimate of drug-likeness (QED) is 0.814. The summed E-state index contributed by atoms with van der Waals surface area (Å²) in [7, 11) is 0. The summed E-state index contributed by atoms with van der Waals surface area (Å²) in [6, 6.07) is 4.28. The summed E-state index contributed by atoms with van der Waals surface area (Å²) >= 11 is -0.117. The molecule has 1 aliphatic carbocycles. The lowest BCUT2D eigenvalue weighted by molar-refractivity contribution is -0.0328. The zero-order chi connectivity index (χ0) is 16.4. The number of benzene rings is 1. The van der Waals surface area contributed by atoms with Crippen molar-refractivity contribution in [2.75, 3.05) is 26.2 Å². The maximum absolute atomic E-state index is 12.6. The van der Waals surface area contributed by atoms with E-state index in [9.17, 15) is 18.3 Å². The first kappa shape index (κ1) is 16.9. The maximum atomic E-state index is 12.6. The third-order valence-electron chi connectivity index (χ3n) is 4.69. The lowest BCUT2D eigenvalue weighted by Crippen LogP contribution is -2.47. The number of halogens is 3. The molecule has 128 valence electrons. The Balaban J connectivity index is 1.89. The van der Waals surface area contributed by atoms with Gasteiger partial charge < -0.3 is 10.4 Å². The molecule has 1 aromatic carbocycles. The molecule has 0 bridgehead atoms. The molecule has 1 atom stereocenters. The molecule has 1 saturated carbocycles. The van der Waals surface area contributed by atoms with Crippen LogP contribution >= 0.6 is 11.8 Å². The Morgan fingerprint density at radius 2 is 1.91 bits per heavy atom. The van der Waals surface area contributed by atoms with Crippen LogP contribution < -0.4 is 5.32 Å². The number of nitrogens with zero attached hydrogens (tertiary/aromatic N) is 1. The van der Waals surface area contributed by atoms with Crippen molar-refractivity contribution < 1.29 is 18.3 Å². The van der Waals surface area contributed by atoms with Crippen LogP contribution in [-0.4, -0.2) is 41.7 Å². The Labute approximate surface area is 138 Å². The van der Waals surface area contributed by atoms with Crippen LogP contribution in [0.15, 0.2) is 23.1 Å². The largest absolute Gasteiger partial charge is 0.508 e. The van der Waals surface area contributed by atoms with Gasteiger partial charge in [-0.05, 0) is 48.7 Å². The maximum Gasteiger partial charge on any atom is 0.446 e. The molecule has 1 aromatic rings. The van der Waals surface area contributed by atoms with Gasteiger partial charge in [0.1, 0.15) is 5.75 Å². The SMILES string of the molecule is Oc1ccc(SC(F)(F)F)cc1[C@@H](C1CCC1)N1CCNCC1. The molecular weight excluding hydrogens is 325 g/mol. The van der Waals surface area contributed by atoms with E-state index in [1.54, 1.807) is 0 Å². The first-order valence-corrected chi connectivity index (χ1v) is 8.79. The second-order valence-electron chi connectivity index (χ2n) is 6.19. The Hall–Kier alpha value is -0.920. The van der Waals surface area contributed by atoms with Crippen LogP contribution in [0.3, 0.4) is 0 Å². The highest BCUT2D eigenvalue weighted by Crippen LogP contribution is 2.46. The second kappa shape index (κ2) is 6.91. The van der Waals surface area contributed by atoms with Crippen molar-refractivity contribution >= 4 is 11.8 Å². The van der Waals surface area contributed by atoms with E-state index in [4.69, 9.17) is 0 Å². The smallest absolute Gasteiger partial charge is 0.446 e. The van der Waals surface area contributed by atoms with E-state index in [2.05, 4.69) is 10.2 Å². The van der Waals surface area contributed by atoms with Crippen molar-refractivity contribution in [2.24, 2.45) is 5.92 Å². The van der Waals surface area contributed by atoms with Crippen molar-refractivity contribution in [3.8, 4) is 5.75 Å². The predicted octanol–water partition coefficient (Wildman–Crippen LogP) is 3.75. The molecule has 2 N–H and O–H groups in total. The molecule has 2 aliphatic rings. The predicted molar refractivity (Wildman–Crippen MR) is 84.5 cm³/mol. The van der Waals surface area contributed by atoms with E-state index >= 15 is 0 Å². The topological polar surface area (TPSA) is 35.5 Å². The number of thioether (sulfide) groups is 1. The van der Waals surface area contributed by atoms with Crippen molar-refractivity contribution in [1.82, 2.24) is 10.2 Å². The van der Waals surface area contributed by atoms with Crippen LogP contribution in [-0.2, 0) is 0 Å². The van der Waals surface area contributed by atoms with Crippen LogP contribution in [0.5, 0.6) is 5.75 Å². The molecular formula is C16H21F3N2OS. The highest BCUT2D eigenvalue weighted by molar-refractivity contribution is 8.00. The number of hydrogen-bond donors (Lipinski definition) is 2. The summed E-state index contributed by atoms with van der Waals surface area (Å²) in [6.07, 6.45) is 3.31. The van der Waals surface area contributed by atoms with Crippen molar-refractivity contribution in [3.63, 3.8) is 0 Å². The molecule has 3 rings (SSSR count). The van der Waals surface area contributed by atoms with Crippen LogP contribution in [0, 0.1) is 5.92 Å². The van der Waals surface area contributed by atoms with Crippen molar-refractivity contribution in [1.29, 1.82) is 0 Å². The van der Waals surface area contributed by atoms with Crippen molar-refractivity contribution in [2.45, 2.75) is 35.7 Å². The fourth-order valence-electron chi connectivity index (χ4n) is 3.43. The first-order valence-electron chi connectivity index (χ1n) is 7.97. The highest BCUT2D eigenvalue weighted by atomic mass is 32.2. The van der Waals surface area contributed by atoms with Gasteiger partial charge in [-0.25, -0.2) is 0 Å². The fraction of sp³-hybridized carbons (Fsp3) is 0.625. The summed E-state index contributed by atoms with van der Waals surface area (Å²) in [4.78, 5) is 2.45. The van der Waals surface area contributed by atoms with Crippen LogP contribution in [0.25, 0.3) is 0 Å². The zero-order valence-electron chi connectivity index (χ0n) is 12.8. The summed E-state index contributed by atoms with van der Waals surface area (Å²) in [5.41, 5.74) is -3.67. The lowest BCUT2D eigenvalue weighted by Gasteiger charge is -2.43. The Bertz CT molecular complexity index is 543. The van der Waals surface area contributed by atoms with Gasteiger partial charge in [-0.3, -0.25) is 4.90 Å². The minimum Gasteiger partial charge on any atom is -0.508 e. The van der Waals surface area contributed by atoms with E-state index in [-0.39, 0.29) is 28.4 Å². The van der Waals surface area contributed by atoms with Gasteiger partial charge >= 0.3 is 5.51 Å². The number of phenolic OH excluding ortho intramolecular Hbond substituents is 1. The standard InChI is InChI=1S/C16H21F3N2OS/c17-16(18,19)23-12-4-5-14(22)13(10-12)15(11-2-1-3-11)21-8-6-20-7-9-21/h4-5,10-11,15,20,22H,1-3,6-9H2/t15-/m1/s1. The number of alkyl halides is 3. The molecule has 1 heterocycles. The van der Waals surface area contributed by atoms with E-state index in [1.807, 2.05) is 0 Å². The number of hydrogen-bond acceptors (Lipinski definition) is 4. The van der Waals surface area contributed by atoms with Gasteiger partial charge in [0.25, 0.3) is 0 Å². The first-order chi connectivity index (χ1) is 10.9. The Morgan fingerprint density at radius 1 is 1.22 bits per heavy atom. The molecule has 1 aliphatic heterocycles. The molecule has 3 nitrogen and oxygen atoms in total.